The first-order valence-electron chi connectivity index (χ1n) is 4.72. The summed E-state index contributed by atoms with van der Waals surface area (Å²) >= 11 is 1.30. The number of rotatable bonds is 3. The summed E-state index contributed by atoms with van der Waals surface area (Å²) in [6, 6.07) is 9.32. The summed E-state index contributed by atoms with van der Waals surface area (Å²) in [7, 11) is 0. The van der Waals surface area contributed by atoms with Gasteiger partial charge in [-0.3, -0.25) is 10.1 Å². The quantitative estimate of drug-likeness (QED) is 0.667. The van der Waals surface area contributed by atoms with Crippen LogP contribution < -0.4 is 0 Å². The molecule has 0 radical (unpaired) electrons. The van der Waals surface area contributed by atoms with Gasteiger partial charge in [-0.1, -0.05) is 11.8 Å². The molecule has 1 heterocycles. The van der Waals surface area contributed by atoms with Crippen molar-refractivity contribution in [1.29, 1.82) is 0 Å². The number of phenols is 1. The van der Waals surface area contributed by atoms with Crippen LogP contribution in [0.25, 0.3) is 0 Å². The van der Waals surface area contributed by atoms with Crippen molar-refractivity contribution in [2.24, 2.45) is 0 Å². The molecular weight excluding hydrogens is 240 g/mol. The van der Waals surface area contributed by atoms with Crippen LogP contribution in [0.2, 0.25) is 0 Å². The van der Waals surface area contributed by atoms with E-state index >= 15 is 0 Å². The highest BCUT2D eigenvalue weighted by Crippen LogP contribution is 2.28. The largest absolute Gasteiger partial charge is 0.508 e. The molecule has 0 saturated heterocycles. The number of benzene rings is 1. The summed E-state index contributed by atoms with van der Waals surface area (Å²) in [5, 5.41) is 20.3. The zero-order chi connectivity index (χ0) is 12.3. The predicted octanol–water partition coefficient (Wildman–Crippen LogP) is 2.85. The minimum Gasteiger partial charge on any atom is -0.508 e. The Labute approximate surface area is 101 Å². The van der Waals surface area contributed by atoms with Gasteiger partial charge in [-0.2, -0.15) is 0 Å². The minimum absolute atomic E-state index is 0.0151. The molecule has 0 unspecified atom stereocenters. The molecule has 0 spiro atoms. The fourth-order valence-corrected chi connectivity index (χ4v) is 2.01. The van der Waals surface area contributed by atoms with Gasteiger partial charge >= 0.3 is 0 Å². The van der Waals surface area contributed by atoms with Gasteiger partial charge in [-0.05, 0) is 24.3 Å². The number of hydrogen-bond donors (Lipinski definition) is 1. The maximum atomic E-state index is 10.6. The van der Waals surface area contributed by atoms with Gasteiger partial charge in [0.05, 0.1) is 4.92 Å². The first-order valence-corrected chi connectivity index (χ1v) is 5.54. The molecule has 0 saturated carbocycles. The van der Waals surface area contributed by atoms with Crippen molar-refractivity contribution in [3.05, 3.63) is 52.7 Å². The summed E-state index contributed by atoms with van der Waals surface area (Å²) in [6.45, 7) is 0. The van der Waals surface area contributed by atoms with Crippen molar-refractivity contribution < 1.29 is 10.0 Å². The van der Waals surface area contributed by atoms with E-state index in [4.69, 9.17) is 5.11 Å². The number of nitro groups is 1. The molecule has 0 aliphatic heterocycles. The van der Waals surface area contributed by atoms with Crippen LogP contribution in [-0.4, -0.2) is 15.0 Å². The highest BCUT2D eigenvalue weighted by atomic mass is 32.2. The van der Waals surface area contributed by atoms with E-state index in [1.165, 1.54) is 30.1 Å². The van der Waals surface area contributed by atoms with Crippen molar-refractivity contribution in [1.82, 2.24) is 4.98 Å². The summed E-state index contributed by atoms with van der Waals surface area (Å²) in [4.78, 5) is 15.0. The van der Waals surface area contributed by atoms with Crippen molar-refractivity contribution in [2.75, 3.05) is 0 Å². The second-order valence-electron chi connectivity index (χ2n) is 3.21. The van der Waals surface area contributed by atoms with Gasteiger partial charge in [-0.15, -0.1) is 0 Å². The Hall–Kier alpha value is -2.08. The summed E-state index contributed by atoms with van der Waals surface area (Å²) in [5.41, 5.74) is 0.0151. The molecule has 17 heavy (non-hydrogen) atoms. The van der Waals surface area contributed by atoms with Crippen LogP contribution in [0.4, 0.5) is 5.69 Å². The first kappa shape index (κ1) is 11.4. The molecule has 0 atom stereocenters. The fourth-order valence-electron chi connectivity index (χ4n) is 1.20. The van der Waals surface area contributed by atoms with Crippen LogP contribution in [0.1, 0.15) is 0 Å². The van der Waals surface area contributed by atoms with E-state index < -0.39 is 4.92 Å². The van der Waals surface area contributed by atoms with Gasteiger partial charge in [0.15, 0.2) is 0 Å². The van der Waals surface area contributed by atoms with E-state index in [9.17, 15) is 10.1 Å². The smallest absolute Gasteiger partial charge is 0.273 e. The van der Waals surface area contributed by atoms with Crippen LogP contribution in [0, 0.1) is 10.1 Å². The average molecular weight is 248 g/mol. The highest BCUT2D eigenvalue weighted by molar-refractivity contribution is 7.99. The zero-order valence-electron chi connectivity index (χ0n) is 8.61. The first-order chi connectivity index (χ1) is 8.15. The zero-order valence-corrected chi connectivity index (χ0v) is 9.42. The lowest BCUT2D eigenvalue weighted by atomic mass is 10.3. The van der Waals surface area contributed by atoms with E-state index in [-0.39, 0.29) is 11.4 Å². The Morgan fingerprint density at radius 2 is 1.94 bits per heavy atom. The highest BCUT2D eigenvalue weighted by Gasteiger charge is 2.07. The monoisotopic (exact) mass is 248 g/mol. The lowest BCUT2D eigenvalue weighted by Crippen LogP contribution is -1.89. The third-order valence-corrected chi connectivity index (χ3v) is 2.93. The Kier molecular flexibility index (Phi) is 3.24. The van der Waals surface area contributed by atoms with Gasteiger partial charge in [0.1, 0.15) is 10.8 Å². The number of phenolic OH excluding ortho intramolecular Hbond substituents is 1. The van der Waals surface area contributed by atoms with Crippen LogP contribution in [0.3, 0.4) is 0 Å². The second kappa shape index (κ2) is 4.84. The molecule has 2 rings (SSSR count). The second-order valence-corrected chi connectivity index (χ2v) is 4.30. The van der Waals surface area contributed by atoms with Crippen molar-refractivity contribution >= 4 is 17.4 Å². The number of nitrogens with zero attached hydrogens (tertiary/aromatic N) is 2. The number of aromatic hydroxyl groups is 1. The summed E-state index contributed by atoms with van der Waals surface area (Å²) < 4.78 is 0. The Balaban J connectivity index is 2.21. The maximum Gasteiger partial charge on any atom is 0.273 e. The van der Waals surface area contributed by atoms with Crippen LogP contribution in [0.5, 0.6) is 5.75 Å². The van der Waals surface area contributed by atoms with E-state index in [0.29, 0.717) is 5.03 Å². The van der Waals surface area contributed by atoms with E-state index in [1.54, 1.807) is 24.3 Å². The minimum atomic E-state index is -0.456. The predicted molar refractivity (Wildman–Crippen MR) is 63.1 cm³/mol. The van der Waals surface area contributed by atoms with Crippen molar-refractivity contribution in [3.63, 3.8) is 0 Å². The molecule has 1 N–H and O–H groups in total. The van der Waals surface area contributed by atoms with E-state index in [1.807, 2.05) is 0 Å². The van der Waals surface area contributed by atoms with Gasteiger partial charge in [-0.25, -0.2) is 4.98 Å². The molecule has 0 amide bonds. The van der Waals surface area contributed by atoms with Crippen molar-refractivity contribution in [2.45, 2.75) is 9.92 Å². The molecule has 1 aromatic carbocycles. The lowest BCUT2D eigenvalue weighted by Gasteiger charge is -2.00. The van der Waals surface area contributed by atoms with Crippen LogP contribution in [-0.2, 0) is 0 Å². The molecule has 0 aliphatic carbocycles. The Morgan fingerprint density at radius 1 is 1.24 bits per heavy atom. The fraction of sp³-hybridized carbons (Fsp3) is 0. The molecule has 86 valence electrons. The van der Waals surface area contributed by atoms with Crippen LogP contribution in [0.15, 0.2) is 52.5 Å². The maximum absolute atomic E-state index is 10.6. The molecule has 0 bridgehead atoms. The van der Waals surface area contributed by atoms with Gasteiger partial charge < -0.3 is 5.11 Å². The lowest BCUT2D eigenvalue weighted by molar-refractivity contribution is -0.385. The topological polar surface area (TPSA) is 76.3 Å². The summed E-state index contributed by atoms with van der Waals surface area (Å²) in [5.74, 6) is 0.182. The van der Waals surface area contributed by atoms with Gasteiger partial charge in [0, 0.05) is 23.2 Å². The molecular formula is C11H8N2O3S. The Bertz CT molecular complexity index is 543. The third kappa shape index (κ3) is 2.94. The SMILES string of the molecule is O=[N+]([O-])c1ccnc(Sc2ccc(O)cc2)c1. The Morgan fingerprint density at radius 3 is 2.59 bits per heavy atom. The number of pyridine rings is 1. The van der Waals surface area contributed by atoms with Gasteiger partial charge in [0.25, 0.3) is 5.69 Å². The van der Waals surface area contributed by atoms with E-state index in [0.717, 1.165) is 4.90 Å². The van der Waals surface area contributed by atoms with Gasteiger partial charge in [0.2, 0.25) is 0 Å². The number of hydrogen-bond acceptors (Lipinski definition) is 5. The van der Waals surface area contributed by atoms with Crippen molar-refractivity contribution in [3.8, 4) is 5.75 Å². The molecule has 2 aromatic rings. The molecule has 5 nitrogen and oxygen atoms in total. The third-order valence-electron chi connectivity index (χ3n) is 1.99. The molecule has 0 aliphatic rings. The summed E-state index contributed by atoms with van der Waals surface area (Å²) in [6.07, 6.45) is 1.40. The molecule has 1 aromatic heterocycles. The molecule has 6 heteroatoms. The van der Waals surface area contributed by atoms with E-state index in [2.05, 4.69) is 4.98 Å². The molecule has 0 fully saturated rings. The standard InChI is InChI=1S/C11H8N2O3S/c14-9-1-3-10(4-2-9)17-11-7-8(13(15)16)5-6-12-11/h1-7,14H. The normalized spacial score (nSPS) is 10.1. The average Bonchev–Trinajstić information content (AvgIpc) is 2.32. The van der Waals surface area contributed by atoms with Crippen LogP contribution >= 0.6 is 11.8 Å². The number of aromatic nitrogens is 1.